The van der Waals surface area contributed by atoms with Crippen molar-refractivity contribution in [2.24, 2.45) is 0 Å². The molecule has 120 valence electrons. The number of nitrogens with one attached hydrogen (secondary N) is 1. The van der Waals surface area contributed by atoms with Gasteiger partial charge in [-0.25, -0.2) is 4.98 Å². The van der Waals surface area contributed by atoms with Crippen LogP contribution < -0.4 is 5.32 Å². The number of carbonyl (C=O) groups is 1. The van der Waals surface area contributed by atoms with Crippen molar-refractivity contribution in [3.8, 4) is 0 Å². The van der Waals surface area contributed by atoms with E-state index in [1.165, 1.54) is 18.2 Å². The normalized spacial score (nSPS) is 11.0. The summed E-state index contributed by atoms with van der Waals surface area (Å²) in [5.41, 5.74) is 3.08. The molecule has 0 aliphatic rings. The molecule has 0 saturated carbocycles. The van der Waals surface area contributed by atoms with Gasteiger partial charge in [-0.1, -0.05) is 0 Å². The molecule has 0 aliphatic heterocycles. The third kappa shape index (κ3) is 3.46. The summed E-state index contributed by atoms with van der Waals surface area (Å²) in [7, 11) is 0. The third-order valence-corrected chi connectivity index (χ3v) is 3.37. The maximum Gasteiger partial charge on any atom is 0.269 e. The molecule has 0 atom stereocenters. The predicted molar refractivity (Wildman–Crippen MR) is 90.7 cm³/mol. The Morgan fingerprint density at radius 3 is 2.67 bits per heavy atom. The van der Waals surface area contributed by atoms with Gasteiger partial charge in [0.15, 0.2) is 0 Å². The number of hydrogen-bond donors (Lipinski definition) is 1. The number of fused-ring (bicyclic) bond motifs is 1. The van der Waals surface area contributed by atoms with E-state index in [9.17, 15) is 14.9 Å². The van der Waals surface area contributed by atoms with Gasteiger partial charge in [-0.3, -0.25) is 14.9 Å². The molecule has 24 heavy (non-hydrogen) atoms. The van der Waals surface area contributed by atoms with Crippen LogP contribution in [0.25, 0.3) is 11.7 Å². The number of nitro groups is 1. The van der Waals surface area contributed by atoms with Gasteiger partial charge in [-0.15, -0.1) is 0 Å². The Kier molecular flexibility index (Phi) is 4.07. The van der Waals surface area contributed by atoms with E-state index in [1.807, 2.05) is 23.6 Å². The van der Waals surface area contributed by atoms with E-state index in [0.29, 0.717) is 11.3 Å². The average molecular weight is 322 g/mol. The van der Waals surface area contributed by atoms with Crippen LogP contribution >= 0.6 is 0 Å². The number of amides is 1. The minimum atomic E-state index is -0.464. The number of anilines is 1. The van der Waals surface area contributed by atoms with Crippen LogP contribution in [0.2, 0.25) is 0 Å². The number of carbonyl (C=O) groups excluding carboxylic acids is 1. The van der Waals surface area contributed by atoms with E-state index >= 15 is 0 Å². The van der Waals surface area contributed by atoms with Crippen molar-refractivity contribution in [3.63, 3.8) is 0 Å². The summed E-state index contributed by atoms with van der Waals surface area (Å²) in [6, 6.07) is 9.56. The number of non-ortho nitro benzene ring substituents is 1. The summed E-state index contributed by atoms with van der Waals surface area (Å²) in [6.07, 6.45) is 6.63. The summed E-state index contributed by atoms with van der Waals surface area (Å²) >= 11 is 0. The highest BCUT2D eigenvalue weighted by atomic mass is 16.6. The van der Waals surface area contributed by atoms with Crippen molar-refractivity contribution in [3.05, 3.63) is 76.2 Å². The Hall–Kier alpha value is -3.48. The average Bonchev–Trinajstić information content (AvgIpc) is 2.92. The molecule has 0 saturated heterocycles. The lowest BCUT2D eigenvalue weighted by atomic mass is 10.2. The molecule has 2 heterocycles. The molecule has 7 heteroatoms. The largest absolute Gasteiger partial charge is 0.321 e. The highest BCUT2D eigenvalue weighted by Crippen LogP contribution is 2.14. The second-order valence-corrected chi connectivity index (χ2v) is 5.24. The molecule has 2 aromatic heterocycles. The summed E-state index contributed by atoms with van der Waals surface area (Å²) in [6.45, 7) is 1.90. The van der Waals surface area contributed by atoms with Crippen LogP contribution in [0.3, 0.4) is 0 Å². The predicted octanol–water partition coefficient (Wildman–Crippen LogP) is 3.20. The summed E-state index contributed by atoms with van der Waals surface area (Å²) in [5, 5.41) is 13.4. The van der Waals surface area contributed by atoms with Gasteiger partial charge in [0.1, 0.15) is 5.65 Å². The Labute approximate surface area is 137 Å². The lowest BCUT2D eigenvalue weighted by Crippen LogP contribution is -2.08. The summed E-state index contributed by atoms with van der Waals surface area (Å²) < 4.78 is 1.84. The second kappa shape index (κ2) is 6.33. The SMILES string of the molecule is Cc1cn2cc(NC(=O)/C=C/c3ccc([N+](=O)[O-])cc3)ccc2n1. The van der Waals surface area contributed by atoms with E-state index in [-0.39, 0.29) is 11.6 Å². The third-order valence-electron chi connectivity index (χ3n) is 3.37. The molecular weight excluding hydrogens is 308 g/mol. The molecule has 1 N–H and O–H groups in total. The van der Waals surface area contributed by atoms with E-state index < -0.39 is 4.92 Å². The fourth-order valence-electron chi connectivity index (χ4n) is 2.26. The zero-order valence-electron chi connectivity index (χ0n) is 12.8. The molecule has 3 aromatic rings. The van der Waals surface area contributed by atoms with Crippen molar-refractivity contribution in [1.82, 2.24) is 9.38 Å². The minimum absolute atomic E-state index is 0.0144. The van der Waals surface area contributed by atoms with Gasteiger partial charge in [0.25, 0.3) is 5.69 Å². The highest BCUT2D eigenvalue weighted by molar-refractivity contribution is 6.01. The number of nitro benzene ring substituents is 1. The first-order chi connectivity index (χ1) is 11.5. The van der Waals surface area contributed by atoms with Gasteiger partial charge in [0.2, 0.25) is 5.91 Å². The van der Waals surface area contributed by atoms with Crippen LogP contribution in [-0.2, 0) is 4.79 Å². The number of rotatable bonds is 4. The van der Waals surface area contributed by atoms with E-state index in [1.54, 1.807) is 30.5 Å². The first kappa shape index (κ1) is 15.4. The molecule has 0 spiro atoms. The van der Waals surface area contributed by atoms with Gasteiger partial charge in [-0.2, -0.15) is 0 Å². The van der Waals surface area contributed by atoms with Gasteiger partial charge in [0, 0.05) is 30.6 Å². The summed E-state index contributed by atoms with van der Waals surface area (Å²) in [5.74, 6) is -0.287. The van der Waals surface area contributed by atoms with Crippen LogP contribution in [0.15, 0.2) is 54.9 Å². The van der Waals surface area contributed by atoms with Gasteiger partial charge in [0.05, 0.1) is 16.3 Å². The molecule has 0 radical (unpaired) electrons. The van der Waals surface area contributed by atoms with Crippen molar-refractivity contribution in [2.45, 2.75) is 6.92 Å². The van der Waals surface area contributed by atoms with Crippen LogP contribution in [0.4, 0.5) is 11.4 Å². The topological polar surface area (TPSA) is 89.5 Å². The van der Waals surface area contributed by atoms with Crippen molar-refractivity contribution in [2.75, 3.05) is 5.32 Å². The fraction of sp³-hybridized carbons (Fsp3) is 0.0588. The first-order valence-electron chi connectivity index (χ1n) is 7.20. The van der Waals surface area contributed by atoms with Crippen LogP contribution in [-0.4, -0.2) is 20.2 Å². The Bertz CT molecular complexity index is 942. The molecule has 0 bridgehead atoms. The smallest absolute Gasteiger partial charge is 0.269 e. The first-order valence-corrected chi connectivity index (χ1v) is 7.20. The molecule has 1 aromatic carbocycles. The zero-order chi connectivity index (χ0) is 17.1. The number of imidazole rings is 1. The minimum Gasteiger partial charge on any atom is -0.321 e. The standard InChI is InChI=1S/C17H14N4O3/c1-12-10-20-11-14(5-8-16(20)18-12)19-17(22)9-4-13-2-6-15(7-3-13)21(23)24/h2-11H,1H3,(H,19,22)/b9-4+. The summed E-state index contributed by atoms with van der Waals surface area (Å²) in [4.78, 5) is 26.4. The van der Waals surface area contributed by atoms with Crippen molar-refractivity contribution < 1.29 is 9.72 Å². The lowest BCUT2D eigenvalue weighted by molar-refractivity contribution is -0.384. The molecular formula is C17H14N4O3. The van der Waals surface area contributed by atoms with Crippen LogP contribution in [0.5, 0.6) is 0 Å². The van der Waals surface area contributed by atoms with Crippen LogP contribution in [0.1, 0.15) is 11.3 Å². The molecule has 1 amide bonds. The Morgan fingerprint density at radius 2 is 1.96 bits per heavy atom. The maximum absolute atomic E-state index is 12.0. The highest BCUT2D eigenvalue weighted by Gasteiger charge is 2.04. The lowest BCUT2D eigenvalue weighted by Gasteiger charge is -2.02. The van der Waals surface area contributed by atoms with Gasteiger partial charge < -0.3 is 9.72 Å². The van der Waals surface area contributed by atoms with Gasteiger partial charge in [-0.05, 0) is 42.8 Å². The monoisotopic (exact) mass is 322 g/mol. The molecule has 0 fully saturated rings. The number of aromatic nitrogens is 2. The number of aryl methyl sites for hydroxylation is 1. The molecule has 3 rings (SSSR count). The number of pyridine rings is 1. The number of hydrogen-bond acceptors (Lipinski definition) is 4. The Balaban J connectivity index is 1.68. The maximum atomic E-state index is 12.0. The Morgan fingerprint density at radius 1 is 1.21 bits per heavy atom. The van der Waals surface area contributed by atoms with E-state index in [0.717, 1.165) is 11.3 Å². The van der Waals surface area contributed by atoms with Crippen molar-refractivity contribution in [1.29, 1.82) is 0 Å². The molecule has 0 unspecified atom stereocenters. The fourth-order valence-corrected chi connectivity index (χ4v) is 2.26. The molecule has 7 nitrogen and oxygen atoms in total. The van der Waals surface area contributed by atoms with E-state index in [4.69, 9.17) is 0 Å². The number of benzene rings is 1. The zero-order valence-corrected chi connectivity index (χ0v) is 12.8. The molecule has 0 aliphatic carbocycles. The van der Waals surface area contributed by atoms with Crippen molar-refractivity contribution >= 4 is 29.0 Å². The van der Waals surface area contributed by atoms with Crippen LogP contribution in [0, 0.1) is 17.0 Å². The number of nitrogens with zero attached hydrogens (tertiary/aromatic N) is 3. The van der Waals surface area contributed by atoms with E-state index in [2.05, 4.69) is 10.3 Å². The van der Waals surface area contributed by atoms with Gasteiger partial charge >= 0.3 is 0 Å². The second-order valence-electron chi connectivity index (χ2n) is 5.24. The quantitative estimate of drug-likeness (QED) is 0.454.